The smallest absolute Gasteiger partial charge is 0.250 e. The zero-order valence-electron chi connectivity index (χ0n) is 12.1. The van der Waals surface area contributed by atoms with Crippen molar-refractivity contribution in [3.63, 3.8) is 0 Å². The quantitative estimate of drug-likeness (QED) is 0.745. The molecule has 0 unspecified atom stereocenters. The number of ketones is 1. The molecule has 0 aromatic carbocycles. The summed E-state index contributed by atoms with van der Waals surface area (Å²) < 4.78 is 12.6. The number of rotatable bonds is 6. The topological polar surface area (TPSA) is 57.5 Å². The molecule has 20 heavy (non-hydrogen) atoms. The Kier molecular flexibility index (Phi) is 5.09. The number of hydrogen-bond acceptors (Lipinski definition) is 4. The van der Waals surface area contributed by atoms with Crippen LogP contribution in [-0.4, -0.2) is 29.9 Å². The number of pyridine rings is 1. The predicted octanol–water partition coefficient (Wildman–Crippen LogP) is 1.77. The summed E-state index contributed by atoms with van der Waals surface area (Å²) >= 11 is 0. The van der Waals surface area contributed by atoms with Crippen molar-refractivity contribution in [2.45, 2.75) is 45.9 Å². The van der Waals surface area contributed by atoms with Crippen LogP contribution in [0.1, 0.15) is 42.7 Å². The fourth-order valence-corrected chi connectivity index (χ4v) is 2.57. The van der Waals surface area contributed by atoms with Gasteiger partial charge in [0.25, 0.3) is 5.56 Å². The second kappa shape index (κ2) is 6.81. The zero-order chi connectivity index (χ0) is 14.5. The third-order valence-corrected chi connectivity index (χ3v) is 3.45. The van der Waals surface area contributed by atoms with Crippen molar-refractivity contribution in [2.75, 3.05) is 13.2 Å². The van der Waals surface area contributed by atoms with Crippen LogP contribution in [-0.2, 0) is 22.4 Å². The van der Waals surface area contributed by atoms with Crippen LogP contribution in [0.2, 0.25) is 0 Å². The lowest BCUT2D eigenvalue weighted by Gasteiger charge is -2.23. The van der Waals surface area contributed by atoms with Gasteiger partial charge >= 0.3 is 0 Å². The van der Waals surface area contributed by atoms with Crippen molar-refractivity contribution >= 4 is 5.78 Å². The van der Waals surface area contributed by atoms with Crippen LogP contribution >= 0.6 is 0 Å². The fourth-order valence-electron chi connectivity index (χ4n) is 2.57. The van der Waals surface area contributed by atoms with E-state index in [-0.39, 0.29) is 11.3 Å². The highest BCUT2D eigenvalue weighted by atomic mass is 16.7. The molecule has 0 fully saturated rings. The van der Waals surface area contributed by atoms with Gasteiger partial charge in [-0.05, 0) is 32.8 Å². The molecule has 1 aromatic heterocycles. The standard InChI is InChI=1S/C15H21NO4/c1-3-19-15(20-4-2)10-16-12-6-5-7-13(17)11(12)8-9-14(16)18/h8-9,15H,3-7,10H2,1-2H3. The van der Waals surface area contributed by atoms with Gasteiger partial charge in [0, 0.05) is 37.0 Å². The first-order valence-corrected chi connectivity index (χ1v) is 7.16. The number of carbonyl (C=O) groups is 1. The molecule has 0 radical (unpaired) electrons. The summed E-state index contributed by atoms with van der Waals surface area (Å²) in [4.78, 5) is 24.0. The molecule has 110 valence electrons. The fraction of sp³-hybridized carbons (Fsp3) is 0.600. The number of carbonyl (C=O) groups excluding carboxylic acids is 1. The van der Waals surface area contributed by atoms with Gasteiger partial charge in [-0.3, -0.25) is 9.59 Å². The van der Waals surface area contributed by atoms with E-state index in [0.29, 0.717) is 31.7 Å². The number of ether oxygens (including phenoxy) is 2. The molecule has 0 amide bonds. The third-order valence-electron chi connectivity index (χ3n) is 3.45. The number of Topliss-reactive ketones (excluding diaryl/α,β-unsaturated/α-hetero) is 1. The Morgan fingerprint density at radius 3 is 2.50 bits per heavy atom. The lowest BCUT2D eigenvalue weighted by atomic mass is 9.94. The Hall–Kier alpha value is -1.46. The van der Waals surface area contributed by atoms with Gasteiger partial charge in [0.1, 0.15) is 0 Å². The lowest BCUT2D eigenvalue weighted by Crippen LogP contribution is -2.34. The van der Waals surface area contributed by atoms with E-state index < -0.39 is 6.29 Å². The summed E-state index contributed by atoms with van der Waals surface area (Å²) in [6.07, 6.45) is 1.66. The van der Waals surface area contributed by atoms with Gasteiger partial charge in [-0.25, -0.2) is 0 Å². The summed E-state index contributed by atoms with van der Waals surface area (Å²) in [5.74, 6) is 0.115. The van der Waals surface area contributed by atoms with Gasteiger partial charge in [-0.15, -0.1) is 0 Å². The van der Waals surface area contributed by atoms with E-state index in [1.165, 1.54) is 6.07 Å². The van der Waals surface area contributed by atoms with E-state index in [4.69, 9.17) is 9.47 Å². The van der Waals surface area contributed by atoms with Crippen molar-refractivity contribution < 1.29 is 14.3 Å². The first-order valence-electron chi connectivity index (χ1n) is 7.16. The molecule has 0 atom stereocenters. The molecule has 2 rings (SSSR count). The van der Waals surface area contributed by atoms with Crippen LogP contribution < -0.4 is 5.56 Å². The van der Waals surface area contributed by atoms with Crippen LogP contribution in [0.15, 0.2) is 16.9 Å². The molecule has 0 aliphatic heterocycles. The molecule has 0 saturated carbocycles. The first kappa shape index (κ1) is 14.9. The van der Waals surface area contributed by atoms with Crippen LogP contribution in [0.4, 0.5) is 0 Å². The molecule has 1 aliphatic rings. The molecular weight excluding hydrogens is 258 g/mol. The summed E-state index contributed by atoms with van der Waals surface area (Å²) in [5, 5.41) is 0. The maximum Gasteiger partial charge on any atom is 0.250 e. The molecule has 5 nitrogen and oxygen atoms in total. The average molecular weight is 279 g/mol. The highest BCUT2D eigenvalue weighted by molar-refractivity contribution is 5.97. The summed E-state index contributed by atoms with van der Waals surface area (Å²) in [7, 11) is 0. The molecule has 5 heteroatoms. The third kappa shape index (κ3) is 3.16. The Balaban J connectivity index is 2.33. The average Bonchev–Trinajstić information content (AvgIpc) is 2.43. The maximum absolute atomic E-state index is 12.1. The van der Waals surface area contributed by atoms with E-state index in [1.807, 2.05) is 13.8 Å². The molecular formula is C15H21NO4. The van der Waals surface area contributed by atoms with Gasteiger partial charge in [-0.2, -0.15) is 0 Å². The van der Waals surface area contributed by atoms with Gasteiger partial charge in [-0.1, -0.05) is 0 Å². The first-order chi connectivity index (χ1) is 9.67. The Labute approximate surface area is 118 Å². The lowest BCUT2D eigenvalue weighted by molar-refractivity contribution is -0.144. The number of aromatic nitrogens is 1. The largest absolute Gasteiger partial charge is 0.351 e. The highest BCUT2D eigenvalue weighted by Crippen LogP contribution is 2.20. The minimum Gasteiger partial charge on any atom is -0.351 e. The minimum atomic E-state index is -0.453. The molecule has 1 aliphatic carbocycles. The van der Waals surface area contributed by atoms with Crippen LogP contribution in [0, 0.1) is 0 Å². The van der Waals surface area contributed by atoms with E-state index in [9.17, 15) is 9.59 Å². The molecule has 1 aromatic rings. The Bertz CT molecular complexity index is 529. The van der Waals surface area contributed by atoms with E-state index >= 15 is 0 Å². The van der Waals surface area contributed by atoms with Crippen LogP contribution in [0.3, 0.4) is 0 Å². The molecule has 0 bridgehead atoms. The Morgan fingerprint density at radius 2 is 1.85 bits per heavy atom. The van der Waals surface area contributed by atoms with E-state index in [2.05, 4.69) is 0 Å². The second-order valence-corrected chi connectivity index (χ2v) is 4.76. The van der Waals surface area contributed by atoms with Crippen LogP contribution in [0.25, 0.3) is 0 Å². The monoisotopic (exact) mass is 279 g/mol. The predicted molar refractivity (Wildman–Crippen MR) is 75.0 cm³/mol. The number of nitrogens with zero attached hydrogens (tertiary/aromatic N) is 1. The molecule has 0 saturated heterocycles. The number of hydrogen-bond donors (Lipinski definition) is 0. The van der Waals surface area contributed by atoms with E-state index in [1.54, 1.807) is 10.6 Å². The second-order valence-electron chi connectivity index (χ2n) is 4.76. The normalized spacial score (nSPS) is 14.7. The SMILES string of the molecule is CCOC(Cn1c2c(ccc1=O)C(=O)CCC2)OCC. The summed E-state index contributed by atoms with van der Waals surface area (Å²) in [5.41, 5.74) is 1.38. The minimum absolute atomic E-state index is 0.108. The van der Waals surface area contributed by atoms with Gasteiger partial charge in [0.05, 0.1) is 6.54 Å². The highest BCUT2D eigenvalue weighted by Gasteiger charge is 2.22. The van der Waals surface area contributed by atoms with Gasteiger partial charge in [0.15, 0.2) is 12.1 Å². The van der Waals surface area contributed by atoms with Gasteiger partial charge < -0.3 is 14.0 Å². The van der Waals surface area contributed by atoms with Crippen LogP contribution in [0.5, 0.6) is 0 Å². The zero-order valence-corrected chi connectivity index (χ0v) is 12.1. The van der Waals surface area contributed by atoms with Crippen molar-refractivity contribution in [3.8, 4) is 0 Å². The van der Waals surface area contributed by atoms with Crippen molar-refractivity contribution in [1.82, 2.24) is 4.57 Å². The van der Waals surface area contributed by atoms with Crippen molar-refractivity contribution in [3.05, 3.63) is 33.7 Å². The number of fused-ring (bicyclic) bond motifs is 1. The maximum atomic E-state index is 12.1. The summed E-state index contributed by atoms with van der Waals surface area (Å²) in [6, 6.07) is 3.10. The molecule has 1 heterocycles. The van der Waals surface area contributed by atoms with Gasteiger partial charge in [0.2, 0.25) is 0 Å². The Morgan fingerprint density at radius 1 is 1.15 bits per heavy atom. The molecule has 0 spiro atoms. The van der Waals surface area contributed by atoms with Crippen molar-refractivity contribution in [2.24, 2.45) is 0 Å². The summed E-state index contributed by atoms with van der Waals surface area (Å²) in [6.45, 7) is 5.15. The van der Waals surface area contributed by atoms with Crippen molar-refractivity contribution in [1.29, 1.82) is 0 Å². The van der Waals surface area contributed by atoms with E-state index in [0.717, 1.165) is 18.5 Å². The molecule has 0 N–H and O–H groups in total.